The number of hydrogen-bond acceptors (Lipinski definition) is 3. The van der Waals surface area contributed by atoms with Crippen LogP contribution in [0.25, 0.3) is 0 Å². The molecule has 1 aromatic heterocycles. The van der Waals surface area contributed by atoms with Crippen LogP contribution in [0.15, 0.2) is 48.5 Å². The molecule has 0 spiro atoms. The van der Waals surface area contributed by atoms with E-state index in [1.807, 2.05) is 12.1 Å². The zero-order chi connectivity index (χ0) is 28.7. The Balaban J connectivity index is 1.23. The summed E-state index contributed by atoms with van der Waals surface area (Å²) in [4.78, 5) is 15.2. The Labute approximate surface area is 233 Å². The van der Waals surface area contributed by atoms with E-state index in [0.29, 0.717) is 41.8 Å². The van der Waals surface area contributed by atoms with Gasteiger partial charge in [-0.05, 0) is 110 Å². The Hall–Kier alpha value is -2.85. The first-order valence-electron chi connectivity index (χ1n) is 13.3. The number of carbonyl (C=O) groups is 1. The largest absolute Gasteiger partial charge is 0.416 e. The maximum absolute atomic E-state index is 13.4. The molecule has 2 aliphatic rings. The number of fused-ring (bicyclic) bond motifs is 3. The van der Waals surface area contributed by atoms with E-state index in [1.165, 1.54) is 21.7 Å². The lowest BCUT2D eigenvalue weighted by Gasteiger charge is -2.23. The highest BCUT2D eigenvalue weighted by atomic mass is 32.1. The number of alkyl halides is 6. The van der Waals surface area contributed by atoms with Gasteiger partial charge in [0.1, 0.15) is 0 Å². The molecule has 1 fully saturated rings. The molecule has 2 bridgehead atoms. The molecular weight excluding hydrogens is 550 g/mol. The molecule has 5 rings (SSSR count). The van der Waals surface area contributed by atoms with E-state index >= 15 is 0 Å². The molecule has 1 unspecified atom stereocenters. The molecule has 2 N–H and O–H groups in total. The fourth-order valence-electron chi connectivity index (χ4n) is 6.15. The molecule has 0 saturated heterocycles. The zero-order valence-electron chi connectivity index (χ0n) is 21.9. The molecule has 3 atom stereocenters. The highest BCUT2D eigenvalue weighted by Gasteiger charge is 2.39. The van der Waals surface area contributed by atoms with Gasteiger partial charge in [-0.15, -0.1) is 11.3 Å². The molecular formula is C30H30F6N2OS. The molecule has 1 heterocycles. The number of halogens is 6. The van der Waals surface area contributed by atoms with Crippen molar-refractivity contribution < 1.29 is 31.1 Å². The number of rotatable bonds is 7. The number of carbonyl (C=O) groups excluding carboxylic acids is 1. The average molecular weight is 581 g/mol. The van der Waals surface area contributed by atoms with Crippen LogP contribution in [-0.4, -0.2) is 11.9 Å². The first kappa shape index (κ1) is 28.7. The summed E-state index contributed by atoms with van der Waals surface area (Å²) in [6, 6.07) is 11.7. The number of amides is 1. The van der Waals surface area contributed by atoms with Crippen LogP contribution >= 0.6 is 11.3 Å². The molecule has 3 nitrogen and oxygen atoms in total. The first-order chi connectivity index (χ1) is 18.9. The summed E-state index contributed by atoms with van der Waals surface area (Å²) in [6.45, 7) is 2.94. The standard InChI is InChI=1S/C30H30F6N2OS/c1-17-2-9-25(40-17)16-37-28-20-3-4-21(28)13-22-15-24(8-5-18(22)12-20)38-27(39)11-6-19-14-23(29(31,32)33)7-10-26(19)30(34,35)36/h2,5,7-10,14-15,20-21,28,37H,3-4,6,11-13,16H2,1H3,(H,38,39)/t20?,21-,28+/m0/s1. The molecule has 1 amide bonds. The number of hydrogen-bond donors (Lipinski definition) is 2. The van der Waals surface area contributed by atoms with Crippen LogP contribution in [0.4, 0.5) is 32.0 Å². The van der Waals surface area contributed by atoms with Crippen molar-refractivity contribution in [3.05, 3.63) is 86.1 Å². The van der Waals surface area contributed by atoms with Gasteiger partial charge in [-0.1, -0.05) is 6.07 Å². The van der Waals surface area contributed by atoms with Crippen molar-refractivity contribution in [1.29, 1.82) is 0 Å². The van der Waals surface area contributed by atoms with E-state index < -0.39 is 41.4 Å². The number of nitrogens with one attached hydrogen (secondary N) is 2. The summed E-state index contributed by atoms with van der Waals surface area (Å²) in [5.41, 5.74) is 0.0515. The minimum Gasteiger partial charge on any atom is -0.326 e. The molecule has 10 heteroatoms. The highest BCUT2D eigenvalue weighted by molar-refractivity contribution is 7.11. The lowest BCUT2D eigenvalue weighted by atomic mass is 9.93. The predicted molar refractivity (Wildman–Crippen MR) is 143 cm³/mol. The van der Waals surface area contributed by atoms with E-state index in [9.17, 15) is 31.1 Å². The lowest BCUT2D eigenvalue weighted by molar-refractivity contribution is -0.141. The number of benzene rings is 2. The number of aryl methyl sites for hydroxylation is 2. The average Bonchev–Trinajstić information content (AvgIpc) is 3.41. The topological polar surface area (TPSA) is 41.1 Å². The summed E-state index contributed by atoms with van der Waals surface area (Å²) in [6.07, 6.45) is -6.33. The lowest BCUT2D eigenvalue weighted by Crippen LogP contribution is -2.37. The van der Waals surface area contributed by atoms with E-state index in [0.717, 1.165) is 31.4 Å². The minimum atomic E-state index is -4.82. The normalized spacial score (nSPS) is 20.7. The monoisotopic (exact) mass is 580 g/mol. The van der Waals surface area contributed by atoms with Crippen LogP contribution in [0.5, 0.6) is 0 Å². The second kappa shape index (κ2) is 11.2. The van der Waals surface area contributed by atoms with Crippen molar-refractivity contribution in [2.75, 3.05) is 5.32 Å². The van der Waals surface area contributed by atoms with Crippen molar-refractivity contribution in [2.24, 2.45) is 11.8 Å². The molecule has 2 aromatic carbocycles. The van der Waals surface area contributed by atoms with Crippen LogP contribution in [0.3, 0.4) is 0 Å². The van der Waals surface area contributed by atoms with Crippen molar-refractivity contribution >= 4 is 22.9 Å². The van der Waals surface area contributed by atoms with Crippen molar-refractivity contribution in [3.8, 4) is 0 Å². The van der Waals surface area contributed by atoms with Crippen molar-refractivity contribution in [1.82, 2.24) is 5.32 Å². The van der Waals surface area contributed by atoms with Gasteiger partial charge in [0.25, 0.3) is 0 Å². The fourth-order valence-corrected chi connectivity index (χ4v) is 6.99. The summed E-state index contributed by atoms with van der Waals surface area (Å²) in [7, 11) is 0. The predicted octanol–water partition coefficient (Wildman–Crippen LogP) is 7.95. The van der Waals surface area contributed by atoms with Gasteiger partial charge in [-0.25, -0.2) is 0 Å². The number of thiophene rings is 1. The smallest absolute Gasteiger partial charge is 0.326 e. The summed E-state index contributed by atoms with van der Waals surface area (Å²) < 4.78 is 79.4. The van der Waals surface area contributed by atoms with Gasteiger partial charge in [0, 0.05) is 34.4 Å². The summed E-state index contributed by atoms with van der Waals surface area (Å²) >= 11 is 1.80. The Kier molecular flexibility index (Phi) is 8.03. The molecule has 214 valence electrons. The Morgan fingerprint density at radius 2 is 1.62 bits per heavy atom. The van der Waals surface area contributed by atoms with E-state index in [-0.39, 0.29) is 6.42 Å². The van der Waals surface area contributed by atoms with Gasteiger partial charge in [0.15, 0.2) is 0 Å². The fraction of sp³-hybridized carbons (Fsp3) is 0.433. The van der Waals surface area contributed by atoms with Crippen LogP contribution in [0.2, 0.25) is 0 Å². The Morgan fingerprint density at radius 1 is 0.900 bits per heavy atom. The third kappa shape index (κ3) is 6.54. The van der Waals surface area contributed by atoms with Gasteiger partial charge in [-0.2, -0.15) is 26.3 Å². The molecule has 0 radical (unpaired) electrons. The van der Waals surface area contributed by atoms with Gasteiger partial charge >= 0.3 is 12.4 Å². The van der Waals surface area contributed by atoms with Gasteiger partial charge < -0.3 is 10.6 Å². The highest BCUT2D eigenvalue weighted by Crippen LogP contribution is 2.41. The Bertz CT molecular complexity index is 1380. The number of anilines is 1. The van der Waals surface area contributed by atoms with Crippen molar-refractivity contribution in [3.63, 3.8) is 0 Å². The summed E-state index contributed by atoms with van der Waals surface area (Å²) in [5, 5.41) is 6.52. The van der Waals surface area contributed by atoms with Gasteiger partial charge in [0.05, 0.1) is 11.1 Å². The second-order valence-electron chi connectivity index (χ2n) is 10.8. The quantitative estimate of drug-likeness (QED) is 0.279. The van der Waals surface area contributed by atoms with Crippen LogP contribution in [0, 0.1) is 18.8 Å². The SMILES string of the molecule is Cc1ccc(CN[C@@H]2C3CC[C@H]2Cc2cc(NC(=O)CCc4cc(C(F)(F)F)ccc4C(F)(F)F)ccc2C3)s1. The molecule has 2 aliphatic carbocycles. The van der Waals surface area contributed by atoms with E-state index in [4.69, 9.17) is 0 Å². The van der Waals surface area contributed by atoms with Gasteiger partial charge in [0.2, 0.25) is 5.91 Å². The third-order valence-corrected chi connectivity index (χ3v) is 9.05. The van der Waals surface area contributed by atoms with Crippen LogP contribution < -0.4 is 10.6 Å². The molecule has 1 saturated carbocycles. The zero-order valence-corrected chi connectivity index (χ0v) is 22.7. The minimum absolute atomic E-state index is 0.375. The summed E-state index contributed by atoms with van der Waals surface area (Å²) in [5.74, 6) is 0.453. The van der Waals surface area contributed by atoms with Crippen LogP contribution in [-0.2, 0) is 43.0 Å². The van der Waals surface area contributed by atoms with Crippen LogP contribution in [0.1, 0.15) is 56.8 Å². The maximum Gasteiger partial charge on any atom is 0.416 e. The Morgan fingerprint density at radius 3 is 2.27 bits per heavy atom. The second-order valence-corrected chi connectivity index (χ2v) is 12.2. The maximum atomic E-state index is 13.4. The van der Waals surface area contributed by atoms with Crippen molar-refractivity contribution in [2.45, 2.75) is 70.4 Å². The first-order valence-corrected chi connectivity index (χ1v) is 14.2. The molecule has 3 aromatic rings. The molecule has 0 aliphatic heterocycles. The van der Waals surface area contributed by atoms with E-state index in [2.05, 4.69) is 29.7 Å². The third-order valence-electron chi connectivity index (χ3n) is 8.05. The van der Waals surface area contributed by atoms with E-state index in [1.54, 1.807) is 17.4 Å². The molecule has 40 heavy (non-hydrogen) atoms. The van der Waals surface area contributed by atoms with Gasteiger partial charge in [-0.3, -0.25) is 4.79 Å².